The molecule has 2 amide bonds. The number of carbonyl (C=O) groups is 2. The monoisotopic (exact) mass is 398 g/mol. The zero-order chi connectivity index (χ0) is 20.8. The number of halogens is 1. The second-order valence-corrected chi connectivity index (χ2v) is 6.61. The van der Waals surface area contributed by atoms with Crippen LogP contribution in [-0.4, -0.2) is 19.1 Å². The molecule has 1 aliphatic heterocycles. The van der Waals surface area contributed by atoms with Gasteiger partial charge in [-0.3, -0.25) is 0 Å². The van der Waals surface area contributed by atoms with Gasteiger partial charge >= 0.3 is 12.0 Å². The van der Waals surface area contributed by atoms with Gasteiger partial charge in [0.1, 0.15) is 18.2 Å². The fraction of sp³-hybridized carbons (Fsp3) is 0.273. The maximum Gasteiger partial charge on any atom is 0.337 e. The highest BCUT2D eigenvalue weighted by Crippen LogP contribution is 2.30. The summed E-state index contributed by atoms with van der Waals surface area (Å²) in [7, 11) is 1.31. The molecular weight excluding hydrogens is 375 g/mol. The van der Waals surface area contributed by atoms with Gasteiger partial charge < -0.3 is 20.1 Å². The first kappa shape index (κ1) is 20.4. The normalized spacial score (nSPS) is 16.1. The van der Waals surface area contributed by atoms with Crippen LogP contribution < -0.4 is 15.4 Å². The van der Waals surface area contributed by atoms with E-state index in [0.717, 1.165) is 6.42 Å². The van der Waals surface area contributed by atoms with Crippen molar-refractivity contribution >= 4 is 12.0 Å². The van der Waals surface area contributed by atoms with Crippen molar-refractivity contribution in [3.8, 4) is 5.75 Å². The van der Waals surface area contributed by atoms with Crippen molar-refractivity contribution in [3.05, 3.63) is 76.7 Å². The molecule has 0 aliphatic carbocycles. The van der Waals surface area contributed by atoms with E-state index in [1.807, 2.05) is 6.92 Å². The smallest absolute Gasteiger partial charge is 0.337 e. The zero-order valence-corrected chi connectivity index (χ0v) is 16.3. The van der Waals surface area contributed by atoms with Crippen molar-refractivity contribution in [1.29, 1.82) is 0 Å². The van der Waals surface area contributed by atoms with Crippen LogP contribution in [-0.2, 0) is 16.1 Å². The minimum Gasteiger partial charge on any atom is -0.489 e. The molecule has 2 aromatic rings. The van der Waals surface area contributed by atoms with E-state index in [9.17, 15) is 14.0 Å². The first-order valence-corrected chi connectivity index (χ1v) is 9.38. The summed E-state index contributed by atoms with van der Waals surface area (Å²) in [5, 5.41) is 5.48. The van der Waals surface area contributed by atoms with Crippen LogP contribution in [0, 0.1) is 5.82 Å². The van der Waals surface area contributed by atoms with E-state index < -0.39 is 12.0 Å². The van der Waals surface area contributed by atoms with E-state index in [1.165, 1.54) is 13.2 Å². The highest BCUT2D eigenvalue weighted by molar-refractivity contribution is 5.95. The summed E-state index contributed by atoms with van der Waals surface area (Å²) in [5.74, 6) is -0.265. The van der Waals surface area contributed by atoms with E-state index in [0.29, 0.717) is 34.6 Å². The first-order chi connectivity index (χ1) is 14.0. The van der Waals surface area contributed by atoms with Gasteiger partial charge in [0.05, 0.1) is 18.7 Å². The average molecular weight is 398 g/mol. The molecular formula is C22H23FN2O4. The van der Waals surface area contributed by atoms with Gasteiger partial charge in [0, 0.05) is 11.3 Å². The zero-order valence-electron chi connectivity index (χ0n) is 16.3. The number of rotatable bonds is 7. The van der Waals surface area contributed by atoms with Gasteiger partial charge in [-0.2, -0.15) is 0 Å². The maximum atomic E-state index is 13.7. The number of urea groups is 1. The van der Waals surface area contributed by atoms with Crippen molar-refractivity contribution in [2.45, 2.75) is 32.4 Å². The van der Waals surface area contributed by atoms with E-state index in [1.54, 1.807) is 42.5 Å². The topological polar surface area (TPSA) is 76.7 Å². The minimum atomic E-state index is -0.627. The molecule has 6 nitrogen and oxygen atoms in total. The van der Waals surface area contributed by atoms with Gasteiger partial charge in [0.15, 0.2) is 0 Å². The van der Waals surface area contributed by atoms with E-state index >= 15 is 0 Å². The molecule has 2 N–H and O–H groups in total. The second-order valence-electron chi connectivity index (χ2n) is 6.61. The number of carbonyl (C=O) groups excluding carboxylic acids is 2. The van der Waals surface area contributed by atoms with Crippen molar-refractivity contribution in [1.82, 2.24) is 10.6 Å². The van der Waals surface area contributed by atoms with Gasteiger partial charge in [-0.1, -0.05) is 43.7 Å². The van der Waals surface area contributed by atoms with Crippen molar-refractivity contribution in [3.63, 3.8) is 0 Å². The highest BCUT2D eigenvalue weighted by Gasteiger charge is 2.33. The number of amides is 2. The summed E-state index contributed by atoms with van der Waals surface area (Å²) in [4.78, 5) is 24.4. The fourth-order valence-electron chi connectivity index (χ4n) is 3.20. The Labute approximate surface area is 168 Å². The molecule has 1 aliphatic rings. The third-order valence-corrected chi connectivity index (χ3v) is 4.62. The lowest BCUT2D eigenvalue weighted by atomic mass is 9.94. The Kier molecular flexibility index (Phi) is 6.49. The van der Waals surface area contributed by atoms with Crippen LogP contribution >= 0.6 is 0 Å². The van der Waals surface area contributed by atoms with E-state index in [2.05, 4.69) is 10.6 Å². The molecule has 7 heteroatoms. The summed E-state index contributed by atoms with van der Waals surface area (Å²) in [6.45, 7) is 2.07. The molecule has 0 saturated carbocycles. The van der Waals surface area contributed by atoms with Gasteiger partial charge in [0.25, 0.3) is 0 Å². The van der Waals surface area contributed by atoms with E-state index in [4.69, 9.17) is 9.47 Å². The molecule has 0 fully saturated rings. The Hall–Kier alpha value is -3.35. The third-order valence-electron chi connectivity index (χ3n) is 4.62. The predicted octanol–water partition coefficient (Wildman–Crippen LogP) is 3.99. The number of hydrogen-bond acceptors (Lipinski definition) is 4. The number of nitrogens with one attached hydrogen (secondary N) is 2. The Morgan fingerprint density at radius 1 is 1.14 bits per heavy atom. The molecule has 0 saturated heterocycles. The molecule has 152 valence electrons. The fourth-order valence-corrected chi connectivity index (χ4v) is 3.20. The standard InChI is InChI=1S/C22H23FN2O4/c1-3-6-18-19(21(26)28-2)20(25-22(27)24-18)14-9-11-16(12-10-14)29-13-15-7-4-5-8-17(15)23/h4-5,7-12,20H,3,6,13H2,1-2H3,(H2,24,25,27). The number of methoxy groups -OCH3 is 1. The minimum absolute atomic E-state index is 0.101. The number of benzene rings is 2. The van der Waals surface area contributed by atoms with Crippen molar-refractivity contribution < 1.29 is 23.5 Å². The van der Waals surface area contributed by atoms with Gasteiger partial charge in [0.2, 0.25) is 0 Å². The largest absolute Gasteiger partial charge is 0.489 e. The molecule has 0 bridgehead atoms. The molecule has 0 aromatic heterocycles. The van der Waals surface area contributed by atoms with Crippen molar-refractivity contribution in [2.75, 3.05) is 7.11 Å². The predicted molar refractivity (Wildman–Crippen MR) is 106 cm³/mol. The van der Waals surface area contributed by atoms with Gasteiger partial charge in [-0.25, -0.2) is 14.0 Å². The molecule has 0 radical (unpaired) electrons. The maximum absolute atomic E-state index is 13.7. The lowest BCUT2D eigenvalue weighted by Crippen LogP contribution is -2.45. The average Bonchev–Trinajstić information content (AvgIpc) is 2.73. The van der Waals surface area contributed by atoms with Gasteiger partial charge in [-0.15, -0.1) is 0 Å². The number of esters is 1. The van der Waals surface area contributed by atoms with Crippen LogP contribution in [0.3, 0.4) is 0 Å². The first-order valence-electron chi connectivity index (χ1n) is 9.38. The van der Waals surface area contributed by atoms with Crippen LogP contribution in [0.1, 0.15) is 36.9 Å². The Bertz CT molecular complexity index is 925. The molecule has 3 rings (SSSR count). The molecule has 1 heterocycles. The SMILES string of the molecule is CCCC1=C(C(=O)OC)C(c2ccc(OCc3ccccc3F)cc2)NC(=O)N1. The van der Waals surface area contributed by atoms with Crippen LogP contribution in [0.15, 0.2) is 59.8 Å². The Morgan fingerprint density at radius 2 is 1.86 bits per heavy atom. The van der Waals surface area contributed by atoms with Crippen LogP contribution in [0.2, 0.25) is 0 Å². The van der Waals surface area contributed by atoms with Crippen LogP contribution in [0.25, 0.3) is 0 Å². The number of hydrogen-bond donors (Lipinski definition) is 2. The molecule has 29 heavy (non-hydrogen) atoms. The molecule has 1 unspecified atom stereocenters. The van der Waals surface area contributed by atoms with Crippen LogP contribution in [0.4, 0.5) is 9.18 Å². The summed E-state index contributed by atoms with van der Waals surface area (Å²) < 4.78 is 24.3. The van der Waals surface area contributed by atoms with Gasteiger partial charge in [-0.05, 0) is 30.2 Å². The third kappa shape index (κ3) is 4.74. The highest BCUT2D eigenvalue weighted by atomic mass is 19.1. The molecule has 2 aromatic carbocycles. The lowest BCUT2D eigenvalue weighted by Gasteiger charge is -2.29. The van der Waals surface area contributed by atoms with E-state index in [-0.39, 0.29) is 18.5 Å². The lowest BCUT2D eigenvalue weighted by molar-refractivity contribution is -0.136. The summed E-state index contributed by atoms with van der Waals surface area (Å²) in [6.07, 6.45) is 1.32. The van der Waals surface area contributed by atoms with Crippen LogP contribution in [0.5, 0.6) is 5.75 Å². The molecule has 1 atom stereocenters. The molecule has 0 spiro atoms. The summed E-state index contributed by atoms with van der Waals surface area (Å²) in [6, 6.07) is 12.4. The quantitative estimate of drug-likeness (QED) is 0.692. The number of allylic oxidation sites excluding steroid dienone is 1. The summed E-state index contributed by atoms with van der Waals surface area (Å²) in [5.41, 5.74) is 2.12. The Morgan fingerprint density at radius 3 is 2.52 bits per heavy atom. The van der Waals surface area contributed by atoms with Crippen molar-refractivity contribution in [2.24, 2.45) is 0 Å². The second kappa shape index (κ2) is 9.23. The Balaban J connectivity index is 1.81. The summed E-state index contributed by atoms with van der Waals surface area (Å²) >= 11 is 0. The number of ether oxygens (including phenoxy) is 2.